The maximum Gasteiger partial charge on any atom is 0.335 e. The molecule has 4 rings (SSSR count). The molecule has 1 aliphatic heterocycles. The number of aryl methyl sites for hydroxylation is 1. The zero-order valence-corrected chi connectivity index (χ0v) is 17.6. The van der Waals surface area contributed by atoms with Crippen LogP contribution in [0, 0.1) is 0 Å². The Balaban J connectivity index is 1.59. The van der Waals surface area contributed by atoms with Crippen molar-refractivity contribution in [3.05, 3.63) is 29.6 Å². The molecule has 0 bridgehead atoms. The minimum atomic E-state index is -4.47. The van der Waals surface area contributed by atoms with E-state index in [-0.39, 0.29) is 28.5 Å². The van der Waals surface area contributed by atoms with Crippen LogP contribution in [0.25, 0.3) is 0 Å². The summed E-state index contributed by atoms with van der Waals surface area (Å²) in [4.78, 5) is 23.7. The summed E-state index contributed by atoms with van der Waals surface area (Å²) in [5.74, 6) is 0.283. The van der Waals surface area contributed by atoms with Crippen molar-refractivity contribution < 1.29 is 26.4 Å². The fraction of sp³-hybridized carbons (Fsp3) is 0.412. The first-order chi connectivity index (χ1) is 14.2. The topological polar surface area (TPSA) is 157 Å². The van der Waals surface area contributed by atoms with Gasteiger partial charge in [0.2, 0.25) is 5.95 Å². The quantitative estimate of drug-likeness (QED) is 0.673. The van der Waals surface area contributed by atoms with Gasteiger partial charge in [-0.1, -0.05) is 12.1 Å². The molecule has 1 aromatic carbocycles. The number of carbonyl (C=O) groups excluding carboxylic acids is 1. The molecule has 30 heavy (non-hydrogen) atoms. The number of nitrogens with zero attached hydrogens (tertiary/aromatic N) is 3. The third-order valence-corrected chi connectivity index (χ3v) is 8.16. The van der Waals surface area contributed by atoms with Gasteiger partial charge in [-0.2, -0.15) is 15.0 Å². The summed E-state index contributed by atoms with van der Waals surface area (Å²) in [6, 6.07) is 3.05. The Morgan fingerprint density at radius 1 is 1.20 bits per heavy atom. The smallest absolute Gasteiger partial charge is 0.335 e. The van der Waals surface area contributed by atoms with E-state index in [0.29, 0.717) is 24.2 Å². The second kappa shape index (κ2) is 7.47. The number of methoxy groups -OCH3 is 1. The monoisotopic (exact) mass is 453 g/mol. The van der Waals surface area contributed by atoms with Crippen LogP contribution in [0.15, 0.2) is 28.0 Å². The molecule has 1 aromatic heterocycles. The highest BCUT2D eigenvalue weighted by atomic mass is 32.2. The normalized spacial score (nSPS) is 17.6. The standard InChI is InChI=1S/C17H19N5O6S2/c1-28-17-19-14(11-7-8-11)18-15(21-17)20-16(23)22-30(26,27)12-6-2-4-10-5-3-9-29(24,25)13(10)12/h2,4,6,11H,3,5,7-9H2,1H3,(H2,18,19,20,21,22,23). The third-order valence-electron chi connectivity index (χ3n) is 4.73. The highest BCUT2D eigenvalue weighted by Crippen LogP contribution is 2.38. The summed E-state index contributed by atoms with van der Waals surface area (Å²) in [5.41, 5.74) is 0.417. The number of carbonyl (C=O) groups is 1. The van der Waals surface area contributed by atoms with Gasteiger partial charge in [0.1, 0.15) is 10.7 Å². The molecule has 1 aliphatic carbocycles. The number of urea groups is 1. The second-order valence-corrected chi connectivity index (χ2v) is 10.7. The van der Waals surface area contributed by atoms with Crippen molar-refractivity contribution in [1.82, 2.24) is 19.7 Å². The van der Waals surface area contributed by atoms with Crippen LogP contribution in [0.3, 0.4) is 0 Å². The van der Waals surface area contributed by atoms with E-state index in [0.717, 1.165) is 18.9 Å². The van der Waals surface area contributed by atoms with Crippen molar-refractivity contribution in [3.8, 4) is 6.01 Å². The molecule has 2 amide bonds. The van der Waals surface area contributed by atoms with Crippen LogP contribution in [0.5, 0.6) is 6.01 Å². The molecule has 13 heteroatoms. The third kappa shape index (κ3) is 4.07. The van der Waals surface area contributed by atoms with Crippen molar-refractivity contribution in [1.29, 1.82) is 0 Å². The molecule has 0 saturated heterocycles. The van der Waals surface area contributed by atoms with Crippen LogP contribution in [-0.2, 0) is 26.3 Å². The number of hydrogen-bond donors (Lipinski definition) is 2. The number of aromatic nitrogens is 3. The molecular formula is C17H19N5O6S2. The molecule has 0 unspecified atom stereocenters. The molecule has 1 fully saturated rings. The van der Waals surface area contributed by atoms with Crippen molar-refractivity contribution in [2.75, 3.05) is 18.2 Å². The number of rotatable bonds is 5. The van der Waals surface area contributed by atoms with Gasteiger partial charge in [-0.05, 0) is 37.3 Å². The number of ether oxygens (including phenoxy) is 1. The SMILES string of the molecule is COc1nc(NC(=O)NS(=O)(=O)c2cccc3c2S(=O)(=O)CCC3)nc(C2CC2)n1. The number of anilines is 1. The molecular weight excluding hydrogens is 434 g/mol. The van der Waals surface area contributed by atoms with Gasteiger partial charge in [-0.3, -0.25) is 5.32 Å². The molecule has 2 aromatic rings. The number of sulfonamides is 1. The van der Waals surface area contributed by atoms with Gasteiger partial charge in [-0.25, -0.2) is 26.4 Å². The number of amides is 2. The van der Waals surface area contributed by atoms with Crippen molar-refractivity contribution in [3.63, 3.8) is 0 Å². The highest BCUT2D eigenvalue weighted by Gasteiger charge is 2.33. The Morgan fingerprint density at radius 3 is 2.67 bits per heavy atom. The average Bonchev–Trinajstić information content (AvgIpc) is 3.52. The fourth-order valence-corrected chi connectivity index (χ4v) is 6.65. The van der Waals surface area contributed by atoms with Gasteiger partial charge in [0.05, 0.1) is 17.8 Å². The van der Waals surface area contributed by atoms with Gasteiger partial charge in [0, 0.05) is 5.92 Å². The molecule has 2 N–H and O–H groups in total. The van der Waals surface area contributed by atoms with E-state index in [1.807, 2.05) is 4.72 Å². The van der Waals surface area contributed by atoms with Crippen LogP contribution in [0.2, 0.25) is 0 Å². The lowest BCUT2D eigenvalue weighted by Crippen LogP contribution is -2.36. The number of nitrogens with one attached hydrogen (secondary N) is 2. The Bertz CT molecular complexity index is 1230. The van der Waals surface area contributed by atoms with Gasteiger partial charge in [-0.15, -0.1) is 0 Å². The number of sulfone groups is 1. The van der Waals surface area contributed by atoms with E-state index in [4.69, 9.17) is 4.74 Å². The maximum atomic E-state index is 12.8. The van der Waals surface area contributed by atoms with E-state index in [2.05, 4.69) is 20.3 Å². The van der Waals surface area contributed by atoms with Crippen molar-refractivity contribution >= 4 is 31.8 Å². The zero-order chi connectivity index (χ0) is 21.5. The van der Waals surface area contributed by atoms with E-state index < -0.39 is 30.8 Å². The molecule has 0 atom stereocenters. The number of fused-ring (bicyclic) bond motifs is 1. The summed E-state index contributed by atoms with van der Waals surface area (Å²) < 4.78 is 57.3. The van der Waals surface area contributed by atoms with Crippen LogP contribution < -0.4 is 14.8 Å². The first-order valence-electron chi connectivity index (χ1n) is 9.18. The first kappa shape index (κ1) is 20.5. The van der Waals surface area contributed by atoms with E-state index in [1.54, 1.807) is 6.07 Å². The maximum absolute atomic E-state index is 12.8. The Labute approximate surface area is 173 Å². The van der Waals surface area contributed by atoms with E-state index in [9.17, 15) is 21.6 Å². The lowest BCUT2D eigenvalue weighted by molar-refractivity contribution is 0.256. The first-order valence-corrected chi connectivity index (χ1v) is 12.3. The lowest BCUT2D eigenvalue weighted by atomic mass is 10.1. The molecule has 11 nitrogen and oxygen atoms in total. The number of hydrogen-bond acceptors (Lipinski definition) is 9. The van der Waals surface area contributed by atoms with Crippen molar-refractivity contribution in [2.45, 2.75) is 41.4 Å². The van der Waals surface area contributed by atoms with Crippen LogP contribution in [-0.4, -0.2) is 50.7 Å². The van der Waals surface area contributed by atoms with Gasteiger partial charge < -0.3 is 4.74 Å². The Kier molecular flexibility index (Phi) is 5.10. The van der Waals surface area contributed by atoms with Crippen LogP contribution >= 0.6 is 0 Å². The van der Waals surface area contributed by atoms with E-state index >= 15 is 0 Å². The van der Waals surface area contributed by atoms with Crippen LogP contribution in [0.4, 0.5) is 10.7 Å². The Morgan fingerprint density at radius 2 is 1.97 bits per heavy atom. The summed E-state index contributed by atoms with van der Waals surface area (Å²) in [5, 5.41) is 2.25. The predicted molar refractivity (Wildman–Crippen MR) is 105 cm³/mol. The molecule has 2 aliphatic rings. The minimum Gasteiger partial charge on any atom is -0.467 e. The fourth-order valence-electron chi connectivity index (χ4n) is 3.22. The molecule has 2 heterocycles. The highest BCUT2D eigenvalue weighted by molar-refractivity contribution is 7.94. The summed E-state index contributed by atoms with van der Waals surface area (Å²) >= 11 is 0. The summed E-state index contributed by atoms with van der Waals surface area (Å²) in [6.07, 6.45) is 2.66. The van der Waals surface area contributed by atoms with Crippen molar-refractivity contribution in [2.24, 2.45) is 0 Å². The van der Waals surface area contributed by atoms with Crippen LogP contribution in [0.1, 0.15) is 36.6 Å². The molecule has 160 valence electrons. The largest absolute Gasteiger partial charge is 0.467 e. The predicted octanol–water partition coefficient (Wildman–Crippen LogP) is 0.988. The average molecular weight is 454 g/mol. The second-order valence-electron chi connectivity index (χ2n) is 7.00. The van der Waals surface area contributed by atoms with Gasteiger partial charge in [0.15, 0.2) is 9.84 Å². The lowest BCUT2D eigenvalue weighted by Gasteiger charge is -2.19. The van der Waals surface area contributed by atoms with E-state index in [1.165, 1.54) is 13.2 Å². The van der Waals surface area contributed by atoms with Gasteiger partial charge >= 0.3 is 12.0 Å². The minimum absolute atomic E-state index is 0.00622. The molecule has 0 radical (unpaired) electrons. The summed E-state index contributed by atoms with van der Waals surface area (Å²) in [6.45, 7) is 0. The number of benzene rings is 1. The summed E-state index contributed by atoms with van der Waals surface area (Å²) in [7, 11) is -6.87. The Hall–Kier alpha value is -2.80. The molecule has 1 saturated carbocycles. The molecule has 0 spiro atoms. The zero-order valence-electron chi connectivity index (χ0n) is 16.0. The van der Waals surface area contributed by atoms with Gasteiger partial charge in [0.25, 0.3) is 10.0 Å².